The number of ether oxygens (including phenoxy) is 2. The molecule has 0 spiro atoms. The second kappa shape index (κ2) is 12.4. The van der Waals surface area contributed by atoms with Crippen molar-refractivity contribution in [2.24, 2.45) is 0 Å². The molecule has 5 aromatic rings. The lowest BCUT2D eigenvalue weighted by molar-refractivity contribution is -0.139. The van der Waals surface area contributed by atoms with E-state index in [1.165, 1.54) is 51.5 Å². The fourth-order valence-corrected chi connectivity index (χ4v) is 6.61. The van der Waals surface area contributed by atoms with E-state index in [1.807, 2.05) is 39.8 Å². The fraction of sp³-hybridized carbons (Fsp3) is 0.344. The molecule has 0 radical (unpaired) electrons. The molecule has 0 amide bonds. The Hall–Kier alpha value is -4.16. The Morgan fingerprint density at radius 3 is 2.61 bits per heavy atom. The molecule has 4 aromatic heterocycles. The molecule has 0 N–H and O–H groups in total. The molecule has 230 valence electrons. The molecule has 1 atom stereocenters. The second-order valence-corrected chi connectivity index (χ2v) is 11.9. The highest BCUT2D eigenvalue weighted by atomic mass is 32.1. The van der Waals surface area contributed by atoms with Crippen LogP contribution in [0.15, 0.2) is 67.3 Å². The van der Waals surface area contributed by atoms with Gasteiger partial charge in [0.2, 0.25) is 0 Å². The molecular weight excluding hydrogens is 591 g/mol. The molecule has 0 aliphatic carbocycles. The van der Waals surface area contributed by atoms with E-state index in [-0.39, 0.29) is 16.2 Å². The molecule has 0 saturated carbocycles. The first-order valence-electron chi connectivity index (χ1n) is 14.5. The Morgan fingerprint density at radius 2 is 1.84 bits per heavy atom. The van der Waals surface area contributed by atoms with E-state index in [0.29, 0.717) is 16.2 Å². The van der Waals surface area contributed by atoms with Crippen LogP contribution in [0, 0.1) is 0 Å². The minimum Gasteiger partial charge on any atom is -0.484 e. The van der Waals surface area contributed by atoms with Gasteiger partial charge >= 0.3 is 12.1 Å². The average molecular weight is 624 g/mol. The Bertz CT molecular complexity index is 1770. The van der Waals surface area contributed by atoms with Gasteiger partial charge in [-0.25, -0.2) is 9.78 Å². The van der Waals surface area contributed by atoms with Gasteiger partial charge in [0.25, 0.3) is 0 Å². The van der Waals surface area contributed by atoms with Crippen LogP contribution in [0.1, 0.15) is 53.1 Å². The summed E-state index contributed by atoms with van der Waals surface area (Å²) in [6.07, 6.45) is 5.81. The number of pyridine rings is 1. The van der Waals surface area contributed by atoms with Gasteiger partial charge in [-0.05, 0) is 56.6 Å². The van der Waals surface area contributed by atoms with Gasteiger partial charge in [-0.2, -0.15) is 18.3 Å². The van der Waals surface area contributed by atoms with Crippen molar-refractivity contribution in [2.45, 2.75) is 45.0 Å². The van der Waals surface area contributed by atoms with Crippen molar-refractivity contribution in [1.82, 2.24) is 24.1 Å². The summed E-state index contributed by atoms with van der Waals surface area (Å²) in [6.45, 7) is 5.64. The predicted octanol–water partition coefficient (Wildman–Crippen LogP) is 7.36. The lowest BCUT2D eigenvalue weighted by Crippen LogP contribution is -2.32. The van der Waals surface area contributed by atoms with Crippen LogP contribution in [-0.2, 0) is 17.5 Å². The topological polar surface area (TPSA) is 73.9 Å². The Morgan fingerprint density at radius 1 is 1.05 bits per heavy atom. The van der Waals surface area contributed by atoms with Crippen molar-refractivity contribution < 1.29 is 27.4 Å². The number of methoxy groups -OCH3 is 1. The third kappa shape index (κ3) is 6.22. The van der Waals surface area contributed by atoms with Crippen LogP contribution in [0.2, 0.25) is 0 Å². The molecule has 1 saturated heterocycles. The number of rotatable bonds is 9. The van der Waals surface area contributed by atoms with Crippen LogP contribution in [0.3, 0.4) is 0 Å². The molecule has 12 heteroatoms. The summed E-state index contributed by atoms with van der Waals surface area (Å²) in [6, 6.07) is 10.8. The highest BCUT2D eigenvalue weighted by Gasteiger charge is 2.35. The summed E-state index contributed by atoms with van der Waals surface area (Å²) in [5, 5.41) is 4.56. The SMILES string of the molecule is COC(=O)c1sc(-c2cnc3cc(-c4cnn(CCN5CCCCC5)c4)ccn23)cc1OC(C)c1ccccc1C(F)(F)F. The number of imidazole rings is 1. The van der Waals surface area contributed by atoms with E-state index in [1.54, 1.807) is 12.3 Å². The number of hydrogen-bond acceptors (Lipinski definition) is 7. The van der Waals surface area contributed by atoms with E-state index in [4.69, 9.17) is 9.47 Å². The van der Waals surface area contributed by atoms with Crippen LogP contribution < -0.4 is 4.74 Å². The van der Waals surface area contributed by atoms with E-state index in [0.717, 1.165) is 54.7 Å². The maximum atomic E-state index is 13.6. The third-order valence-electron chi connectivity index (χ3n) is 7.90. The van der Waals surface area contributed by atoms with Crippen molar-refractivity contribution in [3.05, 3.63) is 83.3 Å². The number of aromatic nitrogens is 4. The number of piperidine rings is 1. The van der Waals surface area contributed by atoms with E-state index in [9.17, 15) is 18.0 Å². The van der Waals surface area contributed by atoms with Gasteiger partial charge in [0.05, 0.1) is 42.2 Å². The average Bonchev–Trinajstić information content (AvgIpc) is 3.78. The Kier molecular flexibility index (Phi) is 8.46. The summed E-state index contributed by atoms with van der Waals surface area (Å²) < 4.78 is 55.8. The summed E-state index contributed by atoms with van der Waals surface area (Å²) in [4.78, 5) is 20.5. The second-order valence-electron chi connectivity index (χ2n) is 10.8. The Labute approximate surface area is 256 Å². The number of benzene rings is 1. The highest BCUT2D eigenvalue weighted by Crippen LogP contribution is 2.41. The first-order valence-corrected chi connectivity index (χ1v) is 15.3. The molecule has 1 fully saturated rings. The number of hydrogen-bond donors (Lipinski definition) is 0. The van der Waals surface area contributed by atoms with Gasteiger partial charge in [0, 0.05) is 36.1 Å². The van der Waals surface area contributed by atoms with Gasteiger partial charge in [0.15, 0.2) is 4.88 Å². The number of halogens is 3. The number of carbonyl (C=O) groups excluding carboxylic acids is 1. The fourth-order valence-electron chi connectivity index (χ4n) is 5.59. The van der Waals surface area contributed by atoms with E-state index in [2.05, 4.69) is 15.0 Å². The maximum absolute atomic E-state index is 13.6. The van der Waals surface area contributed by atoms with Crippen LogP contribution in [0.5, 0.6) is 5.75 Å². The zero-order chi connectivity index (χ0) is 30.8. The molecule has 1 aromatic carbocycles. The lowest BCUT2D eigenvalue weighted by Gasteiger charge is -2.26. The molecule has 8 nitrogen and oxygen atoms in total. The van der Waals surface area contributed by atoms with Crippen LogP contribution in [0.25, 0.3) is 27.3 Å². The standard InChI is InChI=1S/C32H32F3N5O3S/c1-21(24-8-4-5-9-25(24)32(33,34)35)43-27-17-28(44-30(27)31(41)42-2)26-19-36-29-16-22(10-13-40(26)29)23-18-37-39(20-23)15-14-38-11-6-3-7-12-38/h4-5,8-10,13,16-21H,3,6-7,11-12,14-15H2,1-2H3. The molecule has 5 heterocycles. The van der Waals surface area contributed by atoms with E-state index >= 15 is 0 Å². The van der Waals surface area contributed by atoms with Gasteiger partial charge in [-0.1, -0.05) is 24.6 Å². The summed E-state index contributed by atoms with van der Waals surface area (Å²) in [5.74, 6) is -0.495. The number of thiophene rings is 1. The first-order chi connectivity index (χ1) is 21.2. The van der Waals surface area contributed by atoms with Crippen LogP contribution in [0.4, 0.5) is 13.2 Å². The quantitative estimate of drug-likeness (QED) is 0.160. The minimum atomic E-state index is -4.54. The number of fused-ring (bicyclic) bond motifs is 1. The maximum Gasteiger partial charge on any atom is 0.416 e. The normalized spacial score (nSPS) is 15.0. The molecule has 1 aliphatic rings. The van der Waals surface area contributed by atoms with Crippen LogP contribution in [-0.4, -0.2) is 56.8 Å². The van der Waals surface area contributed by atoms with Crippen LogP contribution >= 0.6 is 11.3 Å². The van der Waals surface area contributed by atoms with Gasteiger partial charge in [-0.3, -0.25) is 9.08 Å². The van der Waals surface area contributed by atoms with Crippen molar-refractivity contribution in [2.75, 3.05) is 26.7 Å². The monoisotopic (exact) mass is 623 g/mol. The molecule has 1 aliphatic heterocycles. The van der Waals surface area contributed by atoms with Crippen molar-refractivity contribution >= 4 is 23.0 Å². The zero-order valence-electron chi connectivity index (χ0n) is 24.4. The predicted molar refractivity (Wildman–Crippen MR) is 162 cm³/mol. The number of esters is 1. The number of likely N-dealkylation sites (tertiary alicyclic amines) is 1. The summed E-state index contributed by atoms with van der Waals surface area (Å²) >= 11 is 1.13. The largest absolute Gasteiger partial charge is 0.484 e. The number of carbonyl (C=O) groups is 1. The summed E-state index contributed by atoms with van der Waals surface area (Å²) in [5.41, 5.74) is 2.55. The minimum absolute atomic E-state index is 0.0271. The molecule has 6 rings (SSSR count). The van der Waals surface area contributed by atoms with Gasteiger partial charge in [0.1, 0.15) is 17.5 Å². The lowest BCUT2D eigenvalue weighted by atomic mass is 10.0. The third-order valence-corrected chi connectivity index (χ3v) is 9.02. The van der Waals surface area contributed by atoms with Crippen molar-refractivity contribution in [1.29, 1.82) is 0 Å². The molecule has 1 unspecified atom stereocenters. The van der Waals surface area contributed by atoms with Crippen molar-refractivity contribution in [3.8, 4) is 27.4 Å². The highest BCUT2D eigenvalue weighted by molar-refractivity contribution is 7.17. The summed E-state index contributed by atoms with van der Waals surface area (Å²) in [7, 11) is 1.25. The van der Waals surface area contributed by atoms with Crippen molar-refractivity contribution in [3.63, 3.8) is 0 Å². The van der Waals surface area contributed by atoms with E-state index < -0.39 is 23.8 Å². The van der Waals surface area contributed by atoms with Gasteiger partial charge < -0.3 is 14.4 Å². The smallest absolute Gasteiger partial charge is 0.416 e. The molecule has 44 heavy (non-hydrogen) atoms. The number of nitrogens with zero attached hydrogens (tertiary/aromatic N) is 5. The Balaban J connectivity index is 1.24. The zero-order valence-corrected chi connectivity index (χ0v) is 25.2. The first kappa shape index (κ1) is 29.9. The molecule has 0 bridgehead atoms. The number of alkyl halides is 3. The molecular formula is C32H32F3N5O3S. The van der Waals surface area contributed by atoms with Gasteiger partial charge in [-0.15, -0.1) is 11.3 Å².